The maximum absolute atomic E-state index is 11.7. The molecule has 3 aromatic rings. The van der Waals surface area contributed by atoms with Crippen LogP contribution in [0.1, 0.15) is 23.7 Å². The summed E-state index contributed by atoms with van der Waals surface area (Å²) in [6, 6.07) is 9.04. The Balaban J connectivity index is 2.09. The minimum atomic E-state index is 0.104. The molecule has 0 bridgehead atoms. The van der Waals surface area contributed by atoms with Crippen LogP contribution in [0.15, 0.2) is 47.1 Å². The molecular weight excluding hydrogens is 240 g/mol. The minimum absolute atomic E-state index is 0.104. The first-order valence-electron chi connectivity index (χ1n) is 6.12. The van der Waals surface area contributed by atoms with Crippen LogP contribution in [-0.4, -0.2) is 15.8 Å². The number of hydrogen-bond acceptors (Lipinski definition) is 4. The predicted molar refractivity (Wildman–Crippen MR) is 71.9 cm³/mol. The van der Waals surface area contributed by atoms with Crippen LogP contribution in [0.5, 0.6) is 0 Å². The molecule has 2 aromatic heterocycles. The number of rotatable bonds is 3. The van der Waals surface area contributed by atoms with Crippen LogP contribution >= 0.6 is 0 Å². The van der Waals surface area contributed by atoms with Crippen molar-refractivity contribution in [1.29, 1.82) is 0 Å². The fourth-order valence-electron chi connectivity index (χ4n) is 1.92. The van der Waals surface area contributed by atoms with Gasteiger partial charge in [-0.3, -0.25) is 9.78 Å². The van der Waals surface area contributed by atoms with Gasteiger partial charge in [-0.15, -0.1) is 0 Å². The zero-order valence-corrected chi connectivity index (χ0v) is 10.5. The Kier molecular flexibility index (Phi) is 2.83. The van der Waals surface area contributed by atoms with Gasteiger partial charge in [0.15, 0.2) is 11.4 Å². The van der Waals surface area contributed by atoms with E-state index in [-0.39, 0.29) is 5.78 Å². The number of Topliss-reactive ketones (excluding diaryl/α,β-unsaturated/α-hetero) is 1. The van der Waals surface area contributed by atoms with Gasteiger partial charge in [0.05, 0.1) is 5.56 Å². The van der Waals surface area contributed by atoms with Crippen LogP contribution in [0.4, 0.5) is 0 Å². The molecule has 4 heteroatoms. The fourth-order valence-corrected chi connectivity index (χ4v) is 1.92. The first kappa shape index (κ1) is 11.6. The summed E-state index contributed by atoms with van der Waals surface area (Å²) < 4.78 is 5.66. The van der Waals surface area contributed by atoms with Crippen molar-refractivity contribution in [2.24, 2.45) is 0 Å². The Morgan fingerprint density at radius 1 is 1.32 bits per heavy atom. The molecule has 0 saturated heterocycles. The first-order valence-corrected chi connectivity index (χ1v) is 6.12. The molecule has 0 aliphatic rings. The smallest absolute Gasteiger partial charge is 0.228 e. The van der Waals surface area contributed by atoms with Crippen molar-refractivity contribution < 1.29 is 9.21 Å². The molecule has 4 nitrogen and oxygen atoms in total. The summed E-state index contributed by atoms with van der Waals surface area (Å²) in [6.45, 7) is 1.84. The van der Waals surface area contributed by atoms with Crippen molar-refractivity contribution in [3.63, 3.8) is 0 Å². The molecule has 0 radical (unpaired) electrons. The van der Waals surface area contributed by atoms with Crippen LogP contribution in [0.3, 0.4) is 0 Å². The van der Waals surface area contributed by atoms with Crippen molar-refractivity contribution in [2.75, 3.05) is 0 Å². The third kappa shape index (κ3) is 2.12. The average Bonchev–Trinajstić information content (AvgIpc) is 2.90. The van der Waals surface area contributed by atoms with E-state index in [2.05, 4.69) is 9.97 Å². The van der Waals surface area contributed by atoms with E-state index in [0.717, 1.165) is 5.56 Å². The third-order valence-corrected chi connectivity index (χ3v) is 2.94. The van der Waals surface area contributed by atoms with Crippen molar-refractivity contribution in [2.45, 2.75) is 13.3 Å². The largest absolute Gasteiger partial charge is 0.436 e. The van der Waals surface area contributed by atoms with Gasteiger partial charge in [0.2, 0.25) is 5.89 Å². The highest BCUT2D eigenvalue weighted by Gasteiger charge is 2.10. The number of pyridine rings is 1. The van der Waals surface area contributed by atoms with Crippen molar-refractivity contribution in [3.05, 3.63) is 48.3 Å². The molecule has 0 saturated carbocycles. The van der Waals surface area contributed by atoms with E-state index < -0.39 is 0 Å². The van der Waals surface area contributed by atoms with Gasteiger partial charge < -0.3 is 4.42 Å². The minimum Gasteiger partial charge on any atom is -0.436 e. The molecule has 0 amide bonds. The lowest BCUT2D eigenvalue weighted by Gasteiger charge is -1.95. The lowest BCUT2D eigenvalue weighted by molar-refractivity contribution is 0.0988. The number of oxazole rings is 1. The van der Waals surface area contributed by atoms with Gasteiger partial charge in [0.25, 0.3) is 0 Å². The van der Waals surface area contributed by atoms with E-state index in [4.69, 9.17) is 4.42 Å². The highest BCUT2D eigenvalue weighted by atomic mass is 16.3. The fraction of sp³-hybridized carbons (Fsp3) is 0.133. The molecule has 0 aliphatic carbocycles. The van der Waals surface area contributed by atoms with Gasteiger partial charge in [-0.05, 0) is 30.3 Å². The molecule has 1 aromatic carbocycles. The quantitative estimate of drug-likeness (QED) is 0.669. The van der Waals surface area contributed by atoms with Gasteiger partial charge >= 0.3 is 0 Å². The Labute approximate surface area is 110 Å². The number of ketones is 1. The van der Waals surface area contributed by atoms with E-state index >= 15 is 0 Å². The van der Waals surface area contributed by atoms with Crippen LogP contribution in [0.25, 0.3) is 22.6 Å². The topological polar surface area (TPSA) is 56.0 Å². The van der Waals surface area contributed by atoms with Crippen molar-refractivity contribution >= 4 is 16.9 Å². The van der Waals surface area contributed by atoms with Gasteiger partial charge in [0, 0.05) is 24.4 Å². The zero-order chi connectivity index (χ0) is 13.2. The van der Waals surface area contributed by atoms with Crippen LogP contribution in [0, 0.1) is 0 Å². The Morgan fingerprint density at radius 2 is 2.21 bits per heavy atom. The van der Waals surface area contributed by atoms with E-state index in [0.29, 0.717) is 29.0 Å². The third-order valence-electron chi connectivity index (χ3n) is 2.94. The molecule has 0 spiro atoms. The number of fused-ring (bicyclic) bond motifs is 1. The summed E-state index contributed by atoms with van der Waals surface area (Å²) in [6.07, 6.45) is 3.88. The normalized spacial score (nSPS) is 10.8. The molecule has 0 N–H and O–H groups in total. The van der Waals surface area contributed by atoms with Gasteiger partial charge in [-0.25, -0.2) is 4.98 Å². The lowest BCUT2D eigenvalue weighted by atomic mass is 10.1. The molecule has 94 valence electrons. The number of carbonyl (C=O) groups excluding carboxylic acids is 1. The molecule has 19 heavy (non-hydrogen) atoms. The first-order chi connectivity index (χ1) is 9.28. The Morgan fingerprint density at radius 3 is 2.95 bits per heavy atom. The second-order valence-corrected chi connectivity index (χ2v) is 4.22. The average molecular weight is 252 g/mol. The maximum atomic E-state index is 11.7. The van der Waals surface area contributed by atoms with Gasteiger partial charge in [-0.1, -0.05) is 6.92 Å². The number of benzene rings is 1. The summed E-state index contributed by atoms with van der Waals surface area (Å²) in [5, 5.41) is 0. The second kappa shape index (κ2) is 4.65. The van der Waals surface area contributed by atoms with Crippen molar-refractivity contribution in [1.82, 2.24) is 9.97 Å². The monoisotopic (exact) mass is 252 g/mol. The van der Waals surface area contributed by atoms with Crippen LogP contribution < -0.4 is 0 Å². The van der Waals surface area contributed by atoms with E-state index in [1.807, 2.05) is 19.1 Å². The van der Waals surface area contributed by atoms with Gasteiger partial charge in [0.1, 0.15) is 5.52 Å². The van der Waals surface area contributed by atoms with Crippen molar-refractivity contribution in [3.8, 4) is 11.5 Å². The molecule has 0 aliphatic heterocycles. The van der Waals surface area contributed by atoms with Gasteiger partial charge in [-0.2, -0.15) is 0 Å². The summed E-state index contributed by atoms with van der Waals surface area (Å²) >= 11 is 0. The summed E-state index contributed by atoms with van der Waals surface area (Å²) in [5.74, 6) is 0.622. The molecule has 0 unspecified atom stereocenters. The lowest BCUT2D eigenvalue weighted by Crippen LogP contribution is -1.95. The SMILES string of the molecule is CCC(=O)c1ccc2oc(-c3cccnc3)nc2c1. The van der Waals surface area contributed by atoms with Crippen LogP contribution in [-0.2, 0) is 0 Å². The maximum Gasteiger partial charge on any atom is 0.228 e. The molecule has 2 heterocycles. The molecule has 0 atom stereocenters. The van der Waals surface area contributed by atoms with E-state index in [9.17, 15) is 4.79 Å². The zero-order valence-electron chi connectivity index (χ0n) is 10.5. The summed E-state index contributed by atoms with van der Waals surface area (Å²) in [4.78, 5) is 20.1. The standard InChI is InChI=1S/C15H12N2O2/c1-2-13(18)10-5-6-14-12(8-10)17-15(19-14)11-4-3-7-16-9-11/h3-9H,2H2,1H3. The number of carbonyl (C=O) groups is 1. The van der Waals surface area contributed by atoms with E-state index in [1.54, 1.807) is 30.6 Å². The number of hydrogen-bond donors (Lipinski definition) is 0. The Hall–Kier alpha value is -2.49. The molecule has 0 fully saturated rings. The molecule has 3 rings (SSSR count). The van der Waals surface area contributed by atoms with Crippen LogP contribution in [0.2, 0.25) is 0 Å². The summed E-state index contributed by atoms with van der Waals surface area (Å²) in [7, 11) is 0. The highest BCUT2D eigenvalue weighted by Crippen LogP contribution is 2.24. The number of aromatic nitrogens is 2. The van der Waals surface area contributed by atoms with E-state index in [1.165, 1.54) is 0 Å². The Bertz CT molecular complexity index is 732. The highest BCUT2D eigenvalue weighted by molar-refractivity contribution is 5.98. The predicted octanol–water partition coefficient (Wildman–Crippen LogP) is 3.48. The molecular formula is C15H12N2O2. The number of nitrogens with zero attached hydrogens (tertiary/aromatic N) is 2. The summed E-state index contributed by atoms with van der Waals surface area (Å²) in [5.41, 5.74) is 2.85. The second-order valence-electron chi connectivity index (χ2n) is 4.22.